The van der Waals surface area contributed by atoms with Crippen LogP contribution in [0.15, 0.2) is 82.2 Å². The standard InChI is InChI=1S/C24H21N3O4S2/c1-31-17-10-8-16(9-11-17)21-13-20(22-7-4-12-32-22)26-27(21)24(28)15-33(29,30)23-14-25-19-6-3-2-5-18(19)23/h2-12,14,21,25H,13,15H2,1H3/t21-/m1/s1. The minimum Gasteiger partial charge on any atom is -0.497 e. The number of nitrogens with zero attached hydrogens (tertiary/aromatic N) is 2. The van der Waals surface area contributed by atoms with E-state index in [4.69, 9.17) is 4.74 Å². The molecule has 1 atom stereocenters. The molecular formula is C24H21N3O4S2. The van der Waals surface area contributed by atoms with Gasteiger partial charge in [-0.25, -0.2) is 13.4 Å². The van der Waals surface area contributed by atoms with Crippen LogP contribution in [0.2, 0.25) is 0 Å². The molecule has 168 valence electrons. The maximum absolute atomic E-state index is 13.3. The van der Waals surface area contributed by atoms with Crippen molar-refractivity contribution in [2.45, 2.75) is 17.4 Å². The number of rotatable bonds is 6. The smallest absolute Gasteiger partial charge is 0.258 e. The normalized spacial score (nSPS) is 16.2. The lowest BCUT2D eigenvalue weighted by Crippen LogP contribution is -2.32. The van der Waals surface area contributed by atoms with Gasteiger partial charge in [-0.2, -0.15) is 5.10 Å². The van der Waals surface area contributed by atoms with Crippen LogP contribution < -0.4 is 4.74 Å². The molecule has 5 rings (SSSR count). The molecule has 3 heterocycles. The summed E-state index contributed by atoms with van der Waals surface area (Å²) in [6.07, 6.45) is 1.95. The summed E-state index contributed by atoms with van der Waals surface area (Å²) in [6, 6.07) is 18.0. The molecule has 1 amide bonds. The van der Waals surface area contributed by atoms with Gasteiger partial charge in [0.05, 0.1) is 28.6 Å². The number of H-pyrrole nitrogens is 1. The summed E-state index contributed by atoms with van der Waals surface area (Å²) in [5, 5.41) is 8.41. The van der Waals surface area contributed by atoms with Crippen LogP contribution in [-0.2, 0) is 14.6 Å². The Morgan fingerprint density at radius 3 is 2.67 bits per heavy atom. The third-order valence-corrected chi connectivity index (χ3v) is 8.23. The Morgan fingerprint density at radius 2 is 1.94 bits per heavy atom. The van der Waals surface area contributed by atoms with Gasteiger partial charge in [-0.3, -0.25) is 4.79 Å². The number of benzene rings is 2. The number of amides is 1. The van der Waals surface area contributed by atoms with Gasteiger partial charge < -0.3 is 9.72 Å². The molecule has 0 fully saturated rings. The monoisotopic (exact) mass is 479 g/mol. The molecule has 33 heavy (non-hydrogen) atoms. The van der Waals surface area contributed by atoms with Gasteiger partial charge >= 0.3 is 0 Å². The third-order valence-electron chi connectivity index (χ3n) is 5.67. The number of sulfone groups is 1. The van der Waals surface area contributed by atoms with Gasteiger partial charge in [0, 0.05) is 23.5 Å². The van der Waals surface area contributed by atoms with Crippen molar-refractivity contribution in [3.63, 3.8) is 0 Å². The number of ether oxygens (including phenoxy) is 1. The molecular weight excluding hydrogens is 458 g/mol. The van der Waals surface area contributed by atoms with Crippen molar-refractivity contribution in [3.8, 4) is 5.75 Å². The number of fused-ring (bicyclic) bond motifs is 1. The highest BCUT2D eigenvalue weighted by Crippen LogP contribution is 2.35. The van der Waals surface area contributed by atoms with Crippen LogP contribution in [-0.4, -0.2) is 42.9 Å². The zero-order valence-corrected chi connectivity index (χ0v) is 19.4. The molecule has 0 radical (unpaired) electrons. The molecule has 1 aliphatic rings. The van der Waals surface area contributed by atoms with Gasteiger partial charge in [-0.1, -0.05) is 36.4 Å². The molecule has 0 saturated heterocycles. The molecule has 0 unspecified atom stereocenters. The molecule has 0 saturated carbocycles. The number of aromatic nitrogens is 1. The SMILES string of the molecule is COc1ccc([C@H]2CC(c3cccs3)=NN2C(=O)CS(=O)(=O)c2c[nH]c3ccccc23)cc1. The lowest BCUT2D eigenvalue weighted by Gasteiger charge is -2.22. The first-order chi connectivity index (χ1) is 16.0. The van der Waals surface area contributed by atoms with Crippen LogP contribution in [0.1, 0.15) is 22.9 Å². The minimum atomic E-state index is -3.88. The fourth-order valence-electron chi connectivity index (χ4n) is 4.03. The number of hydrogen-bond acceptors (Lipinski definition) is 6. The number of hydrazone groups is 1. The van der Waals surface area contributed by atoms with E-state index in [9.17, 15) is 13.2 Å². The fourth-order valence-corrected chi connectivity index (χ4v) is 6.11. The van der Waals surface area contributed by atoms with E-state index in [1.165, 1.54) is 22.5 Å². The molecule has 0 bridgehead atoms. The summed E-state index contributed by atoms with van der Waals surface area (Å²) < 4.78 is 31.6. The zero-order valence-electron chi connectivity index (χ0n) is 17.8. The Hall–Kier alpha value is -3.43. The van der Waals surface area contributed by atoms with Crippen LogP contribution in [0.5, 0.6) is 5.75 Å². The third kappa shape index (κ3) is 4.05. The van der Waals surface area contributed by atoms with Crippen LogP contribution in [0.4, 0.5) is 0 Å². The topological polar surface area (TPSA) is 91.8 Å². The Labute approximate surface area is 195 Å². The van der Waals surface area contributed by atoms with E-state index in [0.717, 1.165) is 16.2 Å². The number of aromatic amines is 1. The molecule has 2 aromatic heterocycles. The maximum atomic E-state index is 13.3. The molecule has 1 N–H and O–H groups in total. The lowest BCUT2D eigenvalue weighted by molar-refractivity contribution is -0.130. The van der Waals surface area contributed by atoms with Crippen molar-refractivity contribution in [1.29, 1.82) is 0 Å². The molecule has 7 nitrogen and oxygen atoms in total. The first kappa shape index (κ1) is 21.4. The molecule has 4 aromatic rings. The minimum absolute atomic E-state index is 0.120. The Morgan fingerprint density at radius 1 is 1.15 bits per heavy atom. The molecule has 1 aliphatic heterocycles. The van der Waals surface area contributed by atoms with E-state index >= 15 is 0 Å². The number of thiophene rings is 1. The summed E-state index contributed by atoms with van der Waals surface area (Å²) in [6.45, 7) is 0. The molecule has 0 aliphatic carbocycles. The van der Waals surface area contributed by atoms with E-state index in [1.807, 2.05) is 47.8 Å². The number of para-hydroxylation sites is 1. The number of methoxy groups -OCH3 is 1. The van der Waals surface area contributed by atoms with Crippen LogP contribution >= 0.6 is 11.3 Å². The van der Waals surface area contributed by atoms with Crippen LogP contribution in [0.25, 0.3) is 10.9 Å². The van der Waals surface area contributed by atoms with Crippen molar-refractivity contribution in [1.82, 2.24) is 9.99 Å². The number of carbonyl (C=O) groups excluding carboxylic acids is 1. The summed E-state index contributed by atoms with van der Waals surface area (Å²) in [7, 11) is -2.29. The second-order valence-electron chi connectivity index (χ2n) is 7.71. The van der Waals surface area contributed by atoms with Crippen LogP contribution in [0.3, 0.4) is 0 Å². The van der Waals surface area contributed by atoms with Crippen molar-refractivity contribution < 1.29 is 17.9 Å². The highest BCUT2D eigenvalue weighted by molar-refractivity contribution is 7.92. The van der Waals surface area contributed by atoms with E-state index in [2.05, 4.69) is 10.1 Å². The number of nitrogens with one attached hydrogen (secondary N) is 1. The molecule has 0 spiro atoms. The van der Waals surface area contributed by atoms with Crippen LogP contribution in [0, 0.1) is 0 Å². The second kappa shape index (κ2) is 8.49. The summed E-state index contributed by atoms with van der Waals surface area (Å²) in [5.74, 6) is -0.522. The van der Waals surface area contributed by atoms with Crippen molar-refractivity contribution in [2.75, 3.05) is 12.9 Å². The van der Waals surface area contributed by atoms with E-state index in [-0.39, 0.29) is 4.90 Å². The van der Waals surface area contributed by atoms with Gasteiger partial charge in [0.2, 0.25) is 0 Å². The van der Waals surface area contributed by atoms with Gasteiger partial charge in [0.1, 0.15) is 11.5 Å². The van der Waals surface area contributed by atoms with E-state index in [0.29, 0.717) is 23.1 Å². The highest BCUT2D eigenvalue weighted by Gasteiger charge is 2.36. The maximum Gasteiger partial charge on any atom is 0.258 e. The van der Waals surface area contributed by atoms with Gasteiger partial charge in [0.25, 0.3) is 5.91 Å². The molecule has 9 heteroatoms. The largest absolute Gasteiger partial charge is 0.497 e. The summed E-state index contributed by atoms with van der Waals surface area (Å²) >= 11 is 1.54. The average Bonchev–Trinajstić information content (AvgIpc) is 3.58. The van der Waals surface area contributed by atoms with E-state index < -0.39 is 27.5 Å². The van der Waals surface area contributed by atoms with Gasteiger partial charge in [-0.05, 0) is 35.2 Å². The Balaban J connectivity index is 1.47. The predicted octanol–water partition coefficient (Wildman–Crippen LogP) is 4.39. The Bertz CT molecular complexity index is 1440. The number of hydrogen-bond donors (Lipinski definition) is 1. The van der Waals surface area contributed by atoms with Gasteiger partial charge in [0.15, 0.2) is 9.84 Å². The quantitative estimate of drug-likeness (QED) is 0.444. The van der Waals surface area contributed by atoms with Crippen molar-refractivity contribution in [3.05, 3.63) is 82.7 Å². The first-order valence-electron chi connectivity index (χ1n) is 10.3. The van der Waals surface area contributed by atoms with Crippen molar-refractivity contribution >= 4 is 43.7 Å². The summed E-state index contributed by atoms with van der Waals surface area (Å²) in [4.78, 5) is 17.4. The van der Waals surface area contributed by atoms with E-state index in [1.54, 1.807) is 25.3 Å². The fraction of sp³-hybridized carbons (Fsp3) is 0.167. The predicted molar refractivity (Wildman–Crippen MR) is 128 cm³/mol. The van der Waals surface area contributed by atoms with Gasteiger partial charge in [-0.15, -0.1) is 11.3 Å². The second-order valence-corrected chi connectivity index (χ2v) is 10.6. The number of carbonyl (C=O) groups is 1. The Kier molecular flexibility index (Phi) is 5.51. The zero-order chi connectivity index (χ0) is 23.0. The average molecular weight is 480 g/mol. The first-order valence-corrected chi connectivity index (χ1v) is 12.9. The van der Waals surface area contributed by atoms with Crippen molar-refractivity contribution in [2.24, 2.45) is 5.10 Å². The highest BCUT2D eigenvalue weighted by atomic mass is 32.2. The lowest BCUT2D eigenvalue weighted by atomic mass is 10.0. The molecule has 2 aromatic carbocycles. The summed E-state index contributed by atoms with van der Waals surface area (Å²) in [5.41, 5.74) is 2.34.